The number of hydrogen-bond acceptors (Lipinski definition) is 3. The quantitative estimate of drug-likeness (QED) is 0.706. The number of aromatic nitrogens is 1. The molecule has 1 heterocycles. The molecule has 13 heavy (non-hydrogen) atoms. The minimum atomic E-state index is 0.0247. The molecule has 0 amide bonds. The number of rotatable bonds is 4. The summed E-state index contributed by atoms with van der Waals surface area (Å²) in [6.07, 6.45) is 3.25. The van der Waals surface area contributed by atoms with Crippen LogP contribution in [-0.4, -0.2) is 17.4 Å². The predicted molar refractivity (Wildman–Crippen MR) is 49.6 cm³/mol. The summed E-state index contributed by atoms with van der Waals surface area (Å²) in [6.45, 7) is 3.84. The summed E-state index contributed by atoms with van der Waals surface area (Å²) in [5.41, 5.74) is 0. The molecule has 0 aromatic carbocycles. The first kappa shape index (κ1) is 9.71. The molecular formula is C10H13NO2. The second-order valence-corrected chi connectivity index (χ2v) is 3.10. The topological polar surface area (TPSA) is 39.2 Å². The Kier molecular flexibility index (Phi) is 3.43. The Hall–Kier alpha value is -1.38. The molecule has 0 aliphatic heterocycles. The lowest BCUT2D eigenvalue weighted by Gasteiger charge is -2.06. The van der Waals surface area contributed by atoms with Crippen LogP contribution >= 0.6 is 0 Å². The summed E-state index contributed by atoms with van der Waals surface area (Å²) in [7, 11) is 0. The third kappa shape index (κ3) is 3.23. The van der Waals surface area contributed by atoms with Gasteiger partial charge in [0, 0.05) is 12.1 Å². The summed E-state index contributed by atoms with van der Waals surface area (Å²) in [5, 5.41) is 0. The third-order valence-corrected chi connectivity index (χ3v) is 1.66. The number of Topliss-reactive ketones (excluding diaryl/α,β-unsaturated/α-hetero) is 1. The van der Waals surface area contributed by atoms with Gasteiger partial charge in [-0.05, 0) is 12.1 Å². The van der Waals surface area contributed by atoms with Gasteiger partial charge in [0.2, 0.25) is 0 Å². The molecule has 70 valence electrons. The van der Waals surface area contributed by atoms with E-state index in [9.17, 15) is 4.79 Å². The Morgan fingerprint density at radius 1 is 1.62 bits per heavy atom. The van der Waals surface area contributed by atoms with Crippen LogP contribution in [0, 0.1) is 5.92 Å². The lowest BCUT2D eigenvalue weighted by Crippen LogP contribution is -2.16. The van der Waals surface area contributed by atoms with Gasteiger partial charge in [0.05, 0.1) is 6.20 Å². The lowest BCUT2D eigenvalue weighted by atomic mass is 10.1. The number of pyridine rings is 1. The molecule has 0 spiro atoms. The number of ether oxygens (including phenoxy) is 1. The number of hydrogen-bond donors (Lipinski definition) is 0. The lowest BCUT2D eigenvalue weighted by molar-refractivity contribution is -0.123. The Morgan fingerprint density at radius 3 is 2.92 bits per heavy atom. The van der Waals surface area contributed by atoms with Crippen LogP contribution < -0.4 is 4.74 Å². The van der Waals surface area contributed by atoms with Crippen molar-refractivity contribution in [2.75, 3.05) is 6.61 Å². The van der Waals surface area contributed by atoms with Crippen LogP contribution in [0.15, 0.2) is 24.5 Å². The largest absolute Gasteiger partial charge is 0.484 e. The van der Waals surface area contributed by atoms with Crippen molar-refractivity contribution in [3.63, 3.8) is 0 Å². The minimum Gasteiger partial charge on any atom is -0.484 e. The standard InChI is InChI=1S/C10H13NO2/c1-8(2)10(12)7-13-9-4-3-5-11-6-9/h3-6,8H,7H2,1-2H3. The van der Waals surface area contributed by atoms with Gasteiger partial charge in [-0.15, -0.1) is 0 Å². The summed E-state index contributed by atoms with van der Waals surface area (Å²) in [5.74, 6) is 0.761. The van der Waals surface area contributed by atoms with Crippen LogP contribution in [0.3, 0.4) is 0 Å². The van der Waals surface area contributed by atoms with Crippen molar-refractivity contribution in [3.05, 3.63) is 24.5 Å². The van der Waals surface area contributed by atoms with Gasteiger partial charge in [0.1, 0.15) is 12.4 Å². The van der Waals surface area contributed by atoms with Crippen molar-refractivity contribution in [1.29, 1.82) is 0 Å². The second kappa shape index (κ2) is 4.60. The highest BCUT2D eigenvalue weighted by Gasteiger charge is 2.07. The zero-order valence-corrected chi connectivity index (χ0v) is 7.86. The zero-order valence-electron chi connectivity index (χ0n) is 7.86. The van der Waals surface area contributed by atoms with Crippen LogP contribution in [0.1, 0.15) is 13.8 Å². The van der Waals surface area contributed by atoms with Crippen molar-refractivity contribution < 1.29 is 9.53 Å². The normalized spacial score (nSPS) is 10.1. The van der Waals surface area contributed by atoms with Crippen LogP contribution in [0.2, 0.25) is 0 Å². The monoisotopic (exact) mass is 179 g/mol. The van der Waals surface area contributed by atoms with Gasteiger partial charge in [-0.1, -0.05) is 13.8 Å². The summed E-state index contributed by atoms with van der Waals surface area (Å²) in [6, 6.07) is 3.55. The van der Waals surface area contributed by atoms with Gasteiger partial charge >= 0.3 is 0 Å². The molecule has 1 aromatic rings. The molecule has 1 rings (SSSR count). The minimum absolute atomic E-state index is 0.0247. The number of carbonyl (C=O) groups excluding carboxylic acids is 1. The Labute approximate surface area is 77.8 Å². The van der Waals surface area contributed by atoms with Gasteiger partial charge in [0.15, 0.2) is 5.78 Å². The third-order valence-electron chi connectivity index (χ3n) is 1.66. The smallest absolute Gasteiger partial charge is 0.172 e. The van der Waals surface area contributed by atoms with Crippen LogP contribution in [0.5, 0.6) is 5.75 Å². The fourth-order valence-corrected chi connectivity index (χ4v) is 0.754. The van der Waals surface area contributed by atoms with Crippen LogP contribution in [0.25, 0.3) is 0 Å². The van der Waals surface area contributed by atoms with Gasteiger partial charge in [-0.2, -0.15) is 0 Å². The number of nitrogens with zero attached hydrogens (tertiary/aromatic N) is 1. The van der Waals surface area contributed by atoms with Crippen molar-refractivity contribution in [2.45, 2.75) is 13.8 Å². The zero-order chi connectivity index (χ0) is 9.68. The van der Waals surface area contributed by atoms with Gasteiger partial charge in [-0.25, -0.2) is 0 Å². The average molecular weight is 179 g/mol. The first-order chi connectivity index (χ1) is 6.20. The highest BCUT2D eigenvalue weighted by Crippen LogP contribution is 2.06. The summed E-state index contributed by atoms with van der Waals surface area (Å²) >= 11 is 0. The van der Waals surface area contributed by atoms with E-state index in [1.54, 1.807) is 24.5 Å². The van der Waals surface area contributed by atoms with E-state index < -0.39 is 0 Å². The van der Waals surface area contributed by atoms with Crippen molar-refractivity contribution in [1.82, 2.24) is 4.98 Å². The maximum atomic E-state index is 11.2. The highest BCUT2D eigenvalue weighted by molar-refractivity contribution is 5.81. The first-order valence-corrected chi connectivity index (χ1v) is 4.25. The number of ketones is 1. The number of carbonyl (C=O) groups is 1. The molecule has 0 N–H and O–H groups in total. The molecule has 0 saturated heterocycles. The molecule has 0 radical (unpaired) electrons. The SMILES string of the molecule is CC(C)C(=O)COc1cccnc1. The molecule has 3 nitrogen and oxygen atoms in total. The molecule has 1 aromatic heterocycles. The van der Waals surface area contributed by atoms with E-state index in [-0.39, 0.29) is 18.3 Å². The molecular weight excluding hydrogens is 166 g/mol. The molecule has 0 bridgehead atoms. The van der Waals surface area contributed by atoms with E-state index in [2.05, 4.69) is 4.98 Å². The first-order valence-electron chi connectivity index (χ1n) is 4.25. The van der Waals surface area contributed by atoms with E-state index >= 15 is 0 Å². The molecule has 0 aliphatic rings. The fourth-order valence-electron chi connectivity index (χ4n) is 0.754. The van der Waals surface area contributed by atoms with E-state index in [1.165, 1.54) is 0 Å². The van der Waals surface area contributed by atoms with Crippen molar-refractivity contribution in [3.8, 4) is 5.75 Å². The van der Waals surface area contributed by atoms with Crippen LogP contribution in [-0.2, 0) is 4.79 Å². The van der Waals surface area contributed by atoms with Crippen molar-refractivity contribution >= 4 is 5.78 Å². The van der Waals surface area contributed by atoms with Crippen LogP contribution in [0.4, 0.5) is 0 Å². The fraction of sp³-hybridized carbons (Fsp3) is 0.400. The Bertz CT molecular complexity index is 270. The van der Waals surface area contributed by atoms with Gasteiger partial charge in [0.25, 0.3) is 0 Å². The maximum absolute atomic E-state index is 11.2. The predicted octanol–water partition coefficient (Wildman–Crippen LogP) is 1.69. The molecule has 0 aliphatic carbocycles. The molecule has 0 saturated carbocycles. The summed E-state index contributed by atoms with van der Waals surface area (Å²) < 4.78 is 5.22. The Balaban J connectivity index is 2.40. The highest BCUT2D eigenvalue weighted by atomic mass is 16.5. The van der Waals surface area contributed by atoms with E-state index in [4.69, 9.17) is 4.74 Å². The van der Waals surface area contributed by atoms with E-state index in [0.717, 1.165) is 0 Å². The van der Waals surface area contributed by atoms with Gasteiger partial charge < -0.3 is 4.74 Å². The molecule has 3 heteroatoms. The molecule has 0 unspecified atom stereocenters. The van der Waals surface area contributed by atoms with Gasteiger partial charge in [-0.3, -0.25) is 9.78 Å². The summed E-state index contributed by atoms with van der Waals surface area (Å²) in [4.78, 5) is 15.0. The Morgan fingerprint density at radius 2 is 2.38 bits per heavy atom. The maximum Gasteiger partial charge on any atom is 0.172 e. The molecule has 0 fully saturated rings. The van der Waals surface area contributed by atoms with Crippen molar-refractivity contribution in [2.24, 2.45) is 5.92 Å². The second-order valence-electron chi connectivity index (χ2n) is 3.10. The van der Waals surface area contributed by atoms with E-state index in [0.29, 0.717) is 5.75 Å². The van der Waals surface area contributed by atoms with E-state index in [1.807, 2.05) is 13.8 Å². The average Bonchev–Trinajstić information content (AvgIpc) is 2.15. The molecule has 0 atom stereocenters.